The molecule has 0 bridgehead atoms. The number of nitrogens with zero attached hydrogens (tertiary/aromatic N) is 6. The number of anilines is 1. The molecular weight excluding hydrogens is 437 g/mol. The van der Waals surface area contributed by atoms with Crippen molar-refractivity contribution in [2.24, 2.45) is 17.0 Å². The predicted octanol–water partition coefficient (Wildman–Crippen LogP) is 2.55. The van der Waals surface area contributed by atoms with Gasteiger partial charge in [-0.05, 0) is 50.9 Å². The summed E-state index contributed by atoms with van der Waals surface area (Å²) in [5.74, 6) is 0.493. The predicted molar refractivity (Wildman–Crippen MR) is 127 cm³/mol. The summed E-state index contributed by atoms with van der Waals surface area (Å²) in [6.45, 7) is 3.82. The summed E-state index contributed by atoms with van der Waals surface area (Å²) in [6, 6.07) is 2.94. The lowest BCUT2D eigenvalue weighted by molar-refractivity contribution is -0.138. The van der Waals surface area contributed by atoms with Gasteiger partial charge in [0.2, 0.25) is 11.9 Å². The third-order valence-electron chi connectivity index (χ3n) is 6.66. The summed E-state index contributed by atoms with van der Waals surface area (Å²) >= 11 is 0. The number of carbonyl (C=O) groups excluding carboxylic acids is 1. The van der Waals surface area contributed by atoms with Crippen LogP contribution in [-0.4, -0.2) is 76.7 Å². The number of halogens is 1. The number of aromatic nitrogens is 3. The number of oxime groups is 1. The minimum atomic E-state index is -0.409. The van der Waals surface area contributed by atoms with Crippen LogP contribution in [0.4, 0.5) is 10.3 Å². The normalized spacial score (nSPS) is 18.7. The number of nitrogens with one attached hydrogen (secondary N) is 1. The zero-order valence-electron chi connectivity index (χ0n) is 19.8. The third-order valence-corrected chi connectivity index (χ3v) is 6.66. The number of rotatable bonds is 7. The molecule has 0 atom stereocenters. The van der Waals surface area contributed by atoms with E-state index in [1.165, 1.54) is 13.2 Å². The van der Waals surface area contributed by atoms with Crippen LogP contribution in [0.2, 0.25) is 0 Å². The molecule has 4 heterocycles. The largest absolute Gasteiger partial charge is 0.399 e. The lowest BCUT2D eigenvalue weighted by Crippen LogP contribution is -2.46. The first-order chi connectivity index (χ1) is 16.6. The summed E-state index contributed by atoms with van der Waals surface area (Å²) in [4.78, 5) is 35.2. The van der Waals surface area contributed by atoms with Crippen molar-refractivity contribution in [1.82, 2.24) is 24.8 Å². The standard InChI is InChI=1S/C24H32FN7O2/c1-26-24-28-14-17(15-29-24)16-31-10-5-19(6-11-31)23(33)32-12-7-18(8-13-32)21(30-34-2)22-20(25)4-3-9-27-22/h3-4,9,14-15,18-19H,5-8,10-13,16H2,1-2H3,(H,26,28,29). The Balaban J connectivity index is 1.27. The second kappa shape index (κ2) is 11.3. The molecule has 0 spiro atoms. The van der Waals surface area contributed by atoms with E-state index in [-0.39, 0.29) is 23.4 Å². The summed E-state index contributed by atoms with van der Waals surface area (Å²) in [7, 11) is 3.25. The fourth-order valence-electron chi connectivity index (χ4n) is 4.78. The number of hydrogen-bond acceptors (Lipinski definition) is 8. The van der Waals surface area contributed by atoms with Gasteiger partial charge in [-0.2, -0.15) is 0 Å². The van der Waals surface area contributed by atoms with E-state index in [0.717, 1.165) is 38.0 Å². The maximum Gasteiger partial charge on any atom is 0.225 e. The lowest BCUT2D eigenvalue weighted by Gasteiger charge is -2.37. The number of hydrogen-bond donors (Lipinski definition) is 1. The van der Waals surface area contributed by atoms with Gasteiger partial charge in [0.15, 0.2) is 5.82 Å². The quantitative estimate of drug-likeness (QED) is 0.492. The zero-order valence-corrected chi connectivity index (χ0v) is 19.8. The molecule has 2 aromatic heterocycles. The Morgan fingerprint density at radius 1 is 1.12 bits per heavy atom. The smallest absolute Gasteiger partial charge is 0.225 e. The molecule has 2 fully saturated rings. The summed E-state index contributed by atoms with van der Waals surface area (Å²) in [6.07, 6.45) is 8.37. The average molecular weight is 470 g/mol. The molecule has 9 nitrogen and oxygen atoms in total. The van der Waals surface area contributed by atoms with Gasteiger partial charge in [0.1, 0.15) is 18.5 Å². The molecule has 1 N–H and O–H groups in total. The van der Waals surface area contributed by atoms with Gasteiger partial charge in [0.05, 0.1) is 0 Å². The van der Waals surface area contributed by atoms with E-state index in [2.05, 4.69) is 30.3 Å². The second-order valence-corrected chi connectivity index (χ2v) is 8.81. The molecule has 1 amide bonds. The molecule has 0 unspecified atom stereocenters. The van der Waals surface area contributed by atoms with Crippen LogP contribution in [0.25, 0.3) is 0 Å². The van der Waals surface area contributed by atoms with Crippen LogP contribution in [0, 0.1) is 17.7 Å². The lowest BCUT2D eigenvalue weighted by atomic mass is 9.88. The van der Waals surface area contributed by atoms with E-state index < -0.39 is 5.82 Å². The van der Waals surface area contributed by atoms with E-state index in [4.69, 9.17) is 4.84 Å². The molecule has 0 saturated carbocycles. The second-order valence-electron chi connectivity index (χ2n) is 8.81. The highest BCUT2D eigenvalue weighted by molar-refractivity contribution is 6.00. The number of carbonyl (C=O) groups is 1. The van der Waals surface area contributed by atoms with Crippen LogP contribution >= 0.6 is 0 Å². The van der Waals surface area contributed by atoms with Gasteiger partial charge in [-0.25, -0.2) is 14.4 Å². The number of amides is 1. The van der Waals surface area contributed by atoms with Crippen molar-refractivity contribution in [3.05, 3.63) is 47.8 Å². The first kappa shape index (κ1) is 24.0. The van der Waals surface area contributed by atoms with Crippen molar-refractivity contribution in [1.29, 1.82) is 0 Å². The van der Waals surface area contributed by atoms with Gasteiger partial charge in [-0.15, -0.1) is 0 Å². The Labute approximate surface area is 199 Å². The molecule has 182 valence electrons. The molecule has 0 aromatic carbocycles. The molecule has 2 aliphatic heterocycles. The molecule has 2 aliphatic rings. The van der Waals surface area contributed by atoms with E-state index in [0.29, 0.717) is 37.6 Å². The Morgan fingerprint density at radius 2 is 1.79 bits per heavy atom. The fraction of sp³-hybridized carbons (Fsp3) is 0.542. The van der Waals surface area contributed by atoms with Crippen molar-refractivity contribution in [2.45, 2.75) is 32.2 Å². The topological polar surface area (TPSA) is 95.8 Å². The average Bonchev–Trinajstić information content (AvgIpc) is 2.88. The molecule has 4 rings (SSSR count). The first-order valence-corrected chi connectivity index (χ1v) is 11.8. The molecule has 0 aliphatic carbocycles. The zero-order chi connectivity index (χ0) is 23.9. The van der Waals surface area contributed by atoms with Crippen molar-refractivity contribution in [3.63, 3.8) is 0 Å². The van der Waals surface area contributed by atoms with E-state index in [1.54, 1.807) is 19.3 Å². The van der Waals surface area contributed by atoms with Crippen LogP contribution < -0.4 is 5.32 Å². The van der Waals surface area contributed by atoms with Gasteiger partial charge < -0.3 is 15.1 Å². The van der Waals surface area contributed by atoms with E-state index in [1.807, 2.05) is 17.3 Å². The molecular formula is C24H32FN7O2. The summed E-state index contributed by atoms with van der Waals surface area (Å²) in [5, 5.41) is 7.01. The monoisotopic (exact) mass is 469 g/mol. The summed E-state index contributed by atoms with van der Waals surface area (Å²) in [5.41, 5.74) is 1.82. The van der Waals surface area contributed by atoms with Crippen LogP contribution in [0.15, 0.2) is 35.9 Å². The van der Waals surface area contributed by atoms with Gasteiger partial charge in [0, 0.05) is 62.7 Å². The van der Waals surface area contributed by atoms with Crippen molar-refractivity contribution < 1.29 is 14.0 Å². The number of piperidine rings is 2. The van der Waals surface area contributed by atoms with Crippen molar-refractivity contribution in [3.8, 4) is 0 Å². The fourth-order valence-corrected chi connectivity index (χ4v) is 4.78. The minimum Gasteiger partial charge on any atom is -0.399 e. The van der Waals surface area contributed by atoms with E-state index >= 15 is 0 Å². The SMILES string of the molecule is CNc1ncc(CN2CCC(C(=O)N3CCC(C(=NOC)c4ncccc4F)CC3)CC2)cn1. The number of pyridine rings is 1. The molecule has 2 aromatic rings. The Morgan fingerprint density at radius 3 is 2.41 bits per heavy atom. The van der Waals surface area contributed by atoms with Crippen LogP contribution in [-0.2, 0) is 16.2 Å². The molecule has 10 heteroatoms. The molecule has 34 heavy (non-hydrogen) atoms. The first-order valence-electron chi connectivity index (χ1n) is 11.8. The Hall–Kier alpha value is -3.14. The Bertz CT molecular complexity index is 985. The van der Waals surface area contributed by atoms with Gasteiger partial charge in [-0.1, -0.05) is 5.16 Å². The van der Waals surface area contributed by atoms with Gasteiger partial charge in [0.25, 0.3) is 0 Å². The highest BCUT2D eigenvalue weighted by Crippen LogP contribution is 2.27. The van der Waals surface area contributed by atoms with E-state index in [9.17, 15) is 9.18 Å². The summed E-state index contributed by atoms with van der Waals surface area (Å²) < 4.78 is 14.3. The maximum absolute atomic E-state index is 14.3. The Kier molecular flexibility index (Phi) is 7.99. The van der Waals surface area contributed by atoms with Crippen molar-refractivity contribution in [2.75, 3.05) is 45.7 Å². The number of likely N-dealkylation sites (tertiary alicyclic amines) is 2. The van der Waals surface area contributed by atoms with Crippen molar-refractivity contribution >= 4 is 17.6 Å². The van der Waals surface area contributed by atoms with Gasteiger partial charge >= 0.3 is 0 Å². The van der Waals surface area contributed by atoms with Gasteiger partial charge in [-0.3, -0.25) is 14.7 Å². The van der Waals surface area contributed by atoms with Crippen LogP contribution in [0.5, 0.6) is 0 Å². The molecule has 0 radical (unpaired) electrons. The highest BCUT2D eigenvalue weighted by atomic mass is 19.1. The maximum atomic E-state index is 14.3. The highest BCUT2D eigenvalue weighted by Gasteiger charge is 2.33. The minimum absolute atomic E-state index is 0.00626. The third kappa shape index (κ3) is 5.67. The van der Waals surface area contributed by atoms with Crippen LogP contribution in [0.1, 0.15) is 36.9 Å². The van der Waals surface area contributed by atoms with Crippen LogP contribution in [0.3, 0.4) is 0 Å². The molecule has 2 saturated heterocycles.